The molecule has 0 aliphatic heterocycles. The van der Waals surface area contributed by atoms with Gasteiger partial charge in [-0.05, 0) is 43.4 Å². The fourth-order valence-corrected chi connectivity index (χ4v) is 2.13. The van der Waals surface area contributed by atoms with Crippen LogP contribution in [0.25, 0.3) is 0 Å². The van der Waals surface area contributed by atoms with Crippen LogP contribution in [0.5, 0.6) is 0 Å². The summed E-state index contributed by atoms with van der Waals surface area (Å²) in [5.41, 5.74) is -0.913. The van der Waals surface area contributed by atoms with E-state index in [-0.39, 0.29) is 5.69 Å². The fourth-order valence-electron chi connectivity index (χ4n) is 2.13. The van der Waals surface area contributed by atoms with Crippen molar-refractivity contribution in [3.63, 3.8) is 0 Å². The predicted octanol–water partition coefficient (Wildman–Crippen LogP) is 4.61. The fraction of sp³-hybridized carbons (Fsp3) is 0.429. The quantitative estimate of drug-likeness (QED) is 0.626. The number of halogens is 4. The van der Waals surface area contributed by atoms with Crippen LogP contribution in [0.4, 0.5) is 23.2 Å². The van der Waals surface area contributed by atoms with Gasteiger partial charge in [-0.15, -0.1) is 0 Å². The van der Waals surface area contributed by atoms with Crippen molar-refractivity contribution in [2.45, 2.75) is 25.4 Å². The number of hydrogen-bond donors (Lipinski definition) is 1. The third-order valence-electron chi connectivity index (χ3n) is 3.25. The summed E-state index contributed by atoms with van der Waals surface area (Å²) in [7, 11) is 0. The Hall–Kier alpha value is -1.52. The van der Waals surface area contributed by atoms with Crippen LogP contribution < -0.4 is 5.32 Å². The molecule has 0 fully saturated rings. The van der Waals surface area contributed by atoms with Crippen molar-refractivity contribution in [3.05, 3.63) is 41.7 Å². The Balaban J connectivity index is 2.04. The number of anilines is 1. The number of benzene rings is 1. The molecule has 0 amide bonds. The van der Waals surface area contributed by atoms with Crippen LogP contribution in [0.1, 0.15) is 24.8 Å². The third-order valence-corrected chi connectivity index (χ3v) is 3.25. The van der Waals surface area contributed by atoms with Crippen molar-refractivity contribution in [3.8, 4) is 0 Å². The van der Waals surface area contributed by atoms with E-state index in [0.717, 1.165) is 37.5 Å². The SMILES string of the molecule is Fc1ccc(C(F)(F)F)cc1NCC1CC=CCC1. The van der Waals surface area contributed by atoms with Gasteiger partial charge >= 0.3 is 6.18 Å². The number of allylic oxidation sites excluding steroid dienone is 2. The Bertz CT molecular complexity index is 465. The van der Waals surface area contributed by atoms with Crippen molar-refractivity contribution in [2.75, 3.05) is 11.9 Å². The summed E-state index contributed by atoms with van der Waals surface area (Å²) < 4.78 is 51.1. The summed E-state index contributed by atoms with van der Waals surface area (Å²) in [6.45, 7) is 0.489. The van der Waals surface area contributed by atoms with E-state index in [1.807, 2.05) is 0 Å². The molecule has 0 heterocycles. The molecule has 19 heavy (non-hydrogen) atoms. The van der Waals surface area contributed by atoms with Gasteiger partial charge in [0.15, 0.2) is 0 Å². The van der Waals surface area contributed by atoms with Crippen LogP contribution >= 0.6 is 0 Å². The number of hydrogen-bond acceptors (Lipinski definition) is 1. The standard InChI is InChI=1S/C14H15F4N/c15-12-7-6-11(14(16,17)18)8-13(12)19-9-10-4-2-1-3-5-10/h1-2,6-8,10,19H,3-5,9H2. The number of alkyl halides is 3. The van der Waals surface area contributed by atoms with Crippen LogP contribution in [0, 0.1) is 11.7 Å². The molecule has 1 atom stereocenters. The summed E-state index contributed by atoms with van der Waals surface area (Å²) in [4.78, 5) is 0. The lowest BCUT2D eigenvalue weighted by Gasteiger charge is -2.19. The maximum Gasteiger partial charge on any atom is 0.416 e. The van der Waals surface area contributed by atoms with E-state index in [1.165, 1.54) is 0 Å². The molecule has 1 unspecified atom stereocenters. The zero-order valence-corrected chi connectivity index (χ0v) is 10.3. The molecule has 0 bridgehead atoms. The van der Waals surface area contributed by atoms with Gasteiger partial charge < -0.3 is 5.32 Å². The molecular formula is C14H15F4N. The Labute approximate surface area is 109 Å². The van der Waals surface area contributed by atoms with Gasteiger partial charge in [0.1, 0.15) is 5.82 Å². The molecule has 0 saturated heterocycles. The van der Waals surface area contributed by atoms with Crippen LogP contribution in [-0.2, 0) is 6.18 Å². The predicted molar refractivity (Wildman–Crippen MR) is 66.4 cm³/mol. The maximum atomic E-state index is 13.5. The van der Waals surface area contributed by atoms with Crippen molar-refractivity contribution < 1.29 is 17.6 Å². The minimum absolute atomic E-state index is 0.0793. The highest BCUT2D eigenvalue weighted by atomic mass is 19.4. The lowest BCUT2D eigenvalue weighted by Crippen LogP contribution is -2.16. The smallest absolute Gasteiger partial charge is 0.382 e. The zero-order valence-electron chi connectivity index (χ0n) is 10.3. The highest BCUT2D eigenvalue weighted by molar-refractivity contribution is 5.48. The third kappa shape index (κ3) is 3.72. The Morgan fingerprint density at radius 1 is 1.21 bits per heavy atom. The lowest BCUT2D eigenvalue weighted by molar-refractivity contribution is -0.137. The monoisotopic (exact) mass is 273 g/mol. The van der Waals surface area contributed by atoms with Gasteiger partial charge in [-0.25, -0.2) is 4.39 Å². The molecular weight excluding hydrogens is 258 g/mol. The van der Waals surface area contributed by atoms with E-state index in [2.05, 4.69) is 17.5 Å². The molecule has 1 aromatic rings. The van der Waals surface area contributed by atoms with Gasteiger partial charge in [-0.1, -0.05) is 12.2 Å². The summed E-state index contributed by atoms with van der Waals surface area (Å²) in [6, 6.07) is 2.43. The Morgan fingerprint density at radius 3 is 2.63 bits per heavy atom. The normalized spacial score (nSPS) is 19.5. The Morgan fingerprint density at radius 2 is 2.00 bits per heavy atom. The highest BCUT2D eigenvalue weighted by Gasteiger charge is 2.31. The van der Waals surface area contributed by atoms with Crippen LogP contribution in [0.2, 0.25) is 0 Å². The molecule has 5 heteroatoms. The van der Waals surface area contributed by atoms with Gasteiger partial charge in [0.25, 0.3) is 0 Å². The van der Waals surface area contributed by atoms with Crippen molar-refractivity contribution in [1.82, 2.24) is 0 Å². The molecule has 104 valence electrons. The topological polar surface area (TPSA) is 12.0 Å². The summed E-state index contributed by atoms with van der Waals surface area (Å²) in [5, 5.41) is 2.79. The first-order chi connectivity index (χ1) is 8.97. The summed E-state index contributed by atoms with van der Waals surface area (Å²) in [6.07, 6.45) is 2.52. The molecule has 1 aliphatic carbocycles. The van der Waals surface area contributed by atoms with E-state index >= 15 is 0 Å². The van der Waals surface area contributed by atoms with E-state index < -0.39 is 17.6 Å². The van der Waals surface area contributed by atoms with Gasteiger partial charge in [0, 0.05) is 6.54 Å². The van der Waals surface area contributed by atoms with Gasteiger partial charge in [0.2, 0.25) is 0 Å². The highest BCUT2D eigenvalue weighted by Crippen LogP contribution is 2.32. The molecule has 0 radical (unpaired) electrons. The van der Waals surface area contributed by atoms with E-state index in [9.17, 15) is 17.6 Å². The van der Waals surface area contributed by atoms with Crippen molar-refractivity contribution >= 4 is 5.69 Å². The molecule has 1 nitrogen and oxygen atoms in total. The van der Waals surface area contributed by atoms with E-state index in [1.54, 1.807) is 0 Å². The molecule has 1 aromatic carbocycles. The minimum Gasteiger partial charge on any atom is -0.382 e. The first-order valence-corrected chi connectivity index (χ1v) is 6.22. The van der Waals surface area contributed by atoms with Gasteiger partial charge in [-0.2, -0.15) is 13.2 Å². The van der Waals surface area contributed by atoms with E-state index in [0.29, 0.717) is 12.5 Å². The molecule has 1 N–H and O–H groups in total. The first kappa shape index (κ1) is 13.9. The second-order valence-electron chi connectivity index (χ2n) is 4.72. The summed E-state index contributed by atoms with van der Waals surface area (Å²) in [5.74, 6) is -0.307. The van der Waals surface area contributed by atoms with Gasteiger partial charge in [0.05, 0.1) is 11.3 Å². The average Bonchev–Trinajstić information content (AvgIpc) is 2.37. The van der Waals surface area contributed by atoms with Crippen molar-refractivity contribution in [1.29, 1.82) is 0 Å². The lowest BCUT2D eigenvalue weighted by atomic mass is 9.94. The van der Waals surface area contributed by atoms with E-state index in [4.69, 9.17) is 0 Å². The number of nitrogens with one attached hydrogen (secondary N) is 1. The zero-order chi connectivity index (χ0) is 13.9. The van der Waals surface area contributed by atoms with Crippen molar-refractivity contribution in [2.24, 2.45) is 5.92 Å². The largest absolute Gasteiger partial charge is 0.416 e. The molecule has 1 aliphatic rings. The molecule has 0 spiro atoms. The Kier molecular flexibility index (Phi) is 4.12. The molecule has 2 rings (SSSR count). The van der Waals surface area contributed by atoms with Gasteiger partial charge in [-0.3, -0.25) is 0 Å². The van der Waals surface area contributed by atoms with Crippen LogP contribution in [-0.4, -0.2) is 6.54 Å². The minimum atomic E-state index is -4.45. The second kappa shape index (κ2) is 5.63. The maximum absolute atomic E-state index is 13.5. The number of rotatable bonds is 3. The first-order valence-electron chi connectivity index (χ1n) is 6.22. The van der Waals surface area contributed by atoms with Crippen LogP contribution in [0.15, 0.2) is 30.4 Å². The van der Waals surface area contributed by atoms with Crippen LogP contribution in [0.3, 0.4) is 0 Å². The average molecular weight is 273 g/mol. The molecule has 0 aromatic heterocycles. The molecule has 0 saturated carbocycles. The summed E-state index contributed by atoms with van der Waals surface area (Å²) >= 11 is 0. The second-order valence-corrected chi connectivity index (χ2v) is 4.72.